The molecule has 0 amide bonds. The second kappa shape index (κ2) is 3.32. The molecule has 0 aromatic heterocycles. The van der Waals surface area contributed by atoms with Gasteiger partial charge in [0.2, 0.25) is 0 Å². The zero-order valence-corrected chi connectivity index (χ0v) is 3.42. The van der Waals surface area contributed by atoms with Crippen molar-refractivity contribution in [2.45, 2.75) is 0 Å². The summed E-state index contributed by atoms with van der Waals surface area (Å²) in [5, 5.41) is 0. The van der Waals surface area contributed by atoms with Crippen molar-refractivity contribution in [2.24, 2.45) is 0 Å². The third-order valence-corrected chi connectivity index (χ3v) is 0.429. The molecule has 0 aliphatic carbocycles. The zero-order valence-electron chi connectivity index (χ0n) is 1.91. The normalized spacial score (nSPS) is 9.50. The third kappa shape index (κ3) is 2.32. The van der Waals surface area contributed by atoms with E-state index in [-0.39, 0.29) is 0 Å². The summed E-state index contributed by atoms with van der Waals surface area (Å²) in [5.41, 5.74) is 2.48. The summed E-state index contributed by atoms with van der Waals surface area (Å²) < 4.78 is 0. The molecule has 0 unspecified atom stereocenters. The van der Waals surface area contributed by atoms with Crippen molar-refractivity contribution in [3.8, 4) is 0 Å². The van der Waals surface area contributed by atoms with Gasteiger partial charge >= 0.3 is 0 Å². The van der Waals surface area contributed by atoms with Gasteiger partial charge < -0.3 is 0 Å². The van der Waals surface area contributed by atoms with Crippen molar-refractivity contribution in [2.75, 3.05) is 0 Å². The summed E-state index contributed by atoms with van der Waals surface area (Å²) in [6.45, 7) is 0. The monoisotopic (exact) mass is 100.0 g/mol. The third-order valence-electron chi connectivity index (χ3n) is 0.0476. The molecule has 0 spiro atoms. The fourth-order valence-electron chi connectivity index (χ4n) is 0. The molecule has 0 nitrogen and oxygen atoms in total. The van der Waals surface area contributed by atoms with Crippen molar-refractivity contribution >= 4 is 23.2 Å². The van der Waals surface area contributed by atoms with E-state index in [1.54, 1.807) is 0 Å². The average Bonchev–Trinajstić information content (AvgIpc) is 1.37. The first-order valence-corrected chi connectivity index (χ1v) is 1.64. The highest BCUT2D eigenvalue weighted by atomic mass is 35.5. The molecule has 2 heteroatoms. The van der Waals surface area contributed by atoms with Gasteiger partial charge in [0, 0.05) is 11.1 Å². The minimum atomic E-state index is 1.24. The topological polar surface area (TPSA) is 0 Å². The molecular formula is C2H2Cl2. The van der Waals surface area contributed by atoms with Crippen LogP contribution in [-0.2, 0) is 0 Å². The second-order valence-corrected chi connectivity index (χ2v) is 0.756. The molecule has 0 radical (unpaired) electrons. The van der Waals surface area contributed by atoms with E-state index in [4.69, 9.17) is 23.2 Å². The molecule has 0 fully saturated rings. The molecule has 0 aromatic rings. The summed E-state index contributed by atoms with van der Waals surface area (Å²) in [5.74, 6) is 0. The SMILES string of the molecule is Cl/[14CH]=[14CH]\Cl. The molecule has 0 atom stereocenters. The van der Waals surface area contributed by atoms with E-state index in [1.807, 2.05) is 0 Å². The Morgan fingerprint density at radius 2 is 1.25 bits per heavy atom. The molecule has 0 saturated heterocycles. The molecule has 0 bridgehead atoms. The van der Waals surface area contributed by atoms with E-state index in [1.165, 1.54) is 11.1 Å². The van der Waals surface area contributed by atoms with Gasteiger partial charge in [-0.3, -0.25) is 0 Å². The lowest BCUT2D eigenvalue weighted by atomic mass is 13.3. The van der Waals surface area contributed by atoms with Crippen LogP contribution in [-0.4, -0.2) is 0 Å². The molecule has 0 N–H and O–H groups in total. The van der Waals surface area contributed by atoms with Crippen molar-refractivity contribution in [1.29, 1.82) is 0 Å². The van der Waals surface area contributed by atoms with Gasteiger partial charge in [0.05, 0.1) is 0 Å². The highest BCUT2D eigenvalue weighted by Crippen LogP contribution is 1.78. The van der Waals surface area contributed by atoms with Gasteiger partial charge in [0.15, 0.2) is 0 Å². The van der Waals surface area contributed by atoms with Crippen LogP contribution < -0.4 is 0 Å². The lowest BCUT2D eigenvalue weighted by molar-refractivity contribution is 2.51. The maximum absolute atomic E-state index is 4.87. The Kier molecular flexibility index (Phi) is 3.59. The Labute approximate surface area is 35.0 Å². The summed E-state index contributed by atoms with van der Waals surface area (Å²) >= 11 is 9.75. The van der Waals surface area contributed by atoms with E-state index in [0.29, 0.717) is 0 Å². The van der Waals surface area contributed by atoms with Crippen LogP contribution in [0, 0.1) is 0 Å². The fraction of sp³-hybridized carbons (Fsp3) is 0. The van der Waals surface area contributed by atoms with Crippen molar-refractivity contribution in [3.63, 3.8) is 0 Å². The average molecular weight is 101 g/mol. The van der Waals surface area contributed by atoms with Gasteiger partial charge in [-0.1, -0.05) is 23.2 Å². The largest absolute Gasteiger partial charge is 0.0920 e. The number of halogens is 2. The van der Waals surface area contributed by atoms with Crippen molar-refractivity contribution in [3.05, 3.63) is 11.1 Å². The predicted molar refractivity (Wildman–Crippen MR) is 20.8 cm³/mol. The van der Waals surface area contributed by atoms with Gasteiger partial charge in [0.1, 0.15) is 0 Å². The van der Waals surface area contributed by atoms with Crippen LogP contribution in [0.5, 0.6) is 0 Å². The van der Waals surface area contributed by atoms with E-state index in [2.05, 4.69) is 0 Å². The predicted octanol–water partition coefficient (Wildman–Crippen LogP) is 1.94. The molecule has 0 aliphatic heterocycles. The van der Waals surface area contributed by atoms with Gasteiger partial charge in [-0.05, 0) is 0 Å². The standard InChI is InChI=1S/C2H2Cl2/c3-1-2-4/h1-2H/b2-1-/i1+2,2+2. The van der Waals surface area contributed by atoms with Gasteiger partial charge in [0.25, 0.3) is 0 Å². The van der Waals surface area contributed by atoms with Crippen LogP contribution in [0.3, 0.4) is 0 Å². The zero-order chi connectivity index (χ0) is 3.41. The maximum atomic E-state index is 4.87. The molecule has 0 saturated carbocycles. The Morgan fingerprint density at radius 3 is 1.25 bits per heavy atom. The molecule has 0 rings (SSSR count). The van der Waals surface area contributed by atoms with Crippen LogP contribution in [0.15, 0.2) is 11.1 Å². The summed E-state index contributed by atoms with van der Waals surface area (Å²) in [7, 11) is 0. The molecule has 0 aliphatic rings. The van der Waals surface area contributed by atoms with E-state index in [0.717, 1.165) is 0 Å². The molecule has 24 valence electrons. The van der Waals surface area contributed by atoms with Crippen molar-refractivity contribution in [1.82, 2.24) is 0 Å². The van der Waals surface area contributed by atoms with Crippen LogP contribution in [0.4, 0.5) is 0 Å². The number of hydrogen-bond acceptors (Lipinski definition) is 0. The first-order chi connectivity index (χ1) is 1.91. The number of hydrogen-bond donors (Lipinski definition) is 0. The molecule has 4 heavy (non-hydrogen) atoms. The van der Waals surface area contributed by atoms with E-state index in [9.17, 15) is 0 Å². The summed E-state index contributed by atoms with van der Waals surface area (Å²) in [6.07, 6.45) is 0. The van der Waals surface area contributed by atoms with E-state index >= 15 is 0 Å². The lowest BCUT2D eigenvalue weighted by Gasteiger charge is -1.44. The first kappa shape index (κ1) is 4.32. The summed E-state index contributed by atoms with van der Waals surface area (Å²) in [4.78, 5) is 0. The minimum absolute atomic E-state index is 1.24. The number of rotatable bonds is 0. The Bertz CT molecular complexity index is 19.2. The second-order valence-electron chi connectivity index (χ2n) is 0.252. The lowest BCUT2D eigenvalue weighted by Crippen LogP contribution is -1.11. The van der Waals surface area contributed by atoms with Crippen LogP contribution in [0.1, 0.15) is 0 Å². The molecule has 0 aromatic carbocycles. The Hall–Kier alpha value is 0.320. The van der Waals surface area contributed by atoms with E-state index < -0.39 is 0 Å². The first-order valence-electron chi connectivity index (χ1n) is 0.770. The Balaban J connectivity index is 2.55. The summed E-state index contributed by atoms with van der Waals surface area (Å²) in [6, 6.07) is 0. The van der Waals surface area contributed by atoms with Crippen LogP contribution in [0.2, 0.25) is 0 Å². The smallest absolute Gasteiger partial charge is 0.0156 e. The van der Waals surface area contributed by atoms with Crippen molar-refractivity contribution < 1.29 is 0 Å². The van der Waals surface area contributed by atoms with Crippen LogP contribution >= 0.6 is 23.2 Å². The highest BCUT2D eigenvalue weighted by Gasteiger charge is 1.40. The molecule has 0 heterocycles. The molecular weight excluding hydrogens is 98.9 g/mol. The maximum Gasteiger partial charge on any atom is 0.0156 e. The van der Waals surface area contributed by atoms with Gasteiger partial charge in [-0.15, -0.1) is 0 Å². The fourth-order valence-corrected chi connectivity index (χ4v) is 0. The quantitative estimate of drug-likeness (QED) is 0.437. The van der Waals surface area contributed by atoms with Crippen LogP contribution in [0.25, 0.3) is 0 Å². The minimum Gasteiger partial charge on any atom is -0.0920 e. The van der Waals surface area contributed by atoms with Gasteiger partial charge in [-0.2, -0.15) is 0 Å². The van der Waals surface area contributed by atoms with Gasteiger partial charge in [-0.25, -0.2) is 0 Å². The Morgan fingerprint density at radius 1 is 1.00 bits per heavy atom. The highest BCUT2D eigenvalue weighted by molar-refractivity contribution is 6.33.